The highest BCUT2D eigenvalue weighted by molar-refractivity contribution is 5.89. The van der Waals surface area contributed by atoms with Gasteiger partial charge in [0.1, 0.15) is 5.54 Å². The fourth-order valence-electron chi connectivity index (χ4n) is 1.21. The van der Waals surface area contributed by atoms with Gasteiger partial charge in [0, 0.05) is 13.1 Å². The van der Waals surface area contributed by atoms with E-state index in [4.69, 9.17) is 16.9 Å². The first-order chi connectivity index (χ1) is 5.52. The number of carbonyl (C=O) groups excluding carboxylic acids is 1. The van der Waals surface area contributed by atoms with E-state index >= 15 is 0 Å². The second kappa shape index (κ2) is 2.63. The Morgan fingerprint density at radius 2 is 2.08 bits per heavy atom. The van der Waals surface area contributed by atoms with E-state index in [1.165, 1.54) is 0 Å². The minimum Gasteiger partial charge on any atom is -0.370 e. The van der Waals surface area contributed by atoms with Crippen LogP contribution in [-0.4, -0.2) is 42.4 Å². The first kappa shape index (κ1) is 8.79. The molecule has 0 radical (unpaired) electrons. The van der Waals surface area contributed by atoms with Gasteiger partial charge in [0.25, 0.3) is 0 Å². The number of rotatable bonds is 2. The molecule has 0 saturated carbocycles. The predicted octanol–water partition coefficient (Wildman–Crippen LogP) is -2.36. The SMILES string of the molecule is CNC1(C(N)=O)CN(C(=N)N)C1. The van der Waals surface area contributed by atoms with Crippen LogP contribution in [0, 0.1) is 5.41 Å². The first-order valence-electron chi connectivity index (χ1n) is 3.59. The number of nitrogens with two attached hydrogens (primary N) is 2. The maximum absolute atomic E-state index is 10.9. The van der Waals surface area contributed by atoms with Gasteiger partial charge in [-0.2, -0.15) is 0 Å². The molecule has 1 heterocycles. The highest BCUT2D eigenvalue weighted by Crippen LogP contribution is 2.18. The van der Waals surface area contributed by atoms with E-state index in [-0.39, 0.29) is 5.96 Å². The summed E-state index contributed by atoms with van der Waals surface area (Å²) in [7, 11) is 1.67. The van der Waals surface area contributed by atoms with Crippen molar-refractivity contribution >= 4 is 11.9 Å². The lowest BCUT2D eigenvalue weighted by atomic mass is 9.89. The van der Waals surface area contributed by atoms with Crippen molar-refractivity contribution in [2.45, 2.75) is 5.54 Å². The molecule has 1 rings (SSSR count). The highest BCUT2D eigenvalue weighted by atomic mass is 16.1. The third-order valence-corrected chi connectivity index (χ3v) is 2.21. The molecule has 0 aliphatic carbocycles. The van der Waals surface area contributed by atoms with Gasteiger partial charge in [0.15, 0.2) is 5.96 Å². The average Bonchev–Trinajstić information content (AvgIpc) is 1.84. The Morgan fingerprint density at radius 1 is 1.58 bits per heavy atom. The van der Waals surface area contributed by atoms with E-state index in [2.05, 4.69) is 5.32 Å². The Bertz CT molecular complexity index is 220. The number of likely N-dealkylation sites (tertiary alicyclic amines) is 1. The largest absolute Gasteiger partial charge is 0.370 e. The Morgan fingerprint density at radius 3 is 2.33 bits per heavy atom. The van der Waals surface area contributed by atoms with Crippen molar-refractivity contribution in [2.75, 3.05) is 20.1 Å². The molecule has 0 atom stereocenters. The maximum atomic E-state index is 10.9. The molecule has 6 N–H and O–H groups in total. The van der Waals surface area contributed by atoms with Crippen LogP contribution in [0.3, 0.4) is 0 Å². The van der Waals surface area contributed by atoms with Crippen LogP contribution >= 0.6 is 0 Å². The monoisotopic (exact) mass is 171 g/mol. The maximum Gasteiger partial charge on any atom is 0.241 e. The second-order valence-corrected chi connectivity index (χ2v) is 2.94. The fourth-order valence-corrected chi connectivity index (χ4v) is 1.21. The van der Waals surface area contributed by atoms with Gasteiger partial charge in [-0.05, 0) is 7.05 Å². The van der Waals surface area contributed by atoms with Gasteiger partial charge in [-0.3, -0.25) is 10.2 Å². The number of carbonyl (C=O) groups is 1. The van der Waals surface area contributed by atoms with E-state index in [1.54, 1.807) is 11.9 Å². The highest BCUT2D eigenvalue weighted by Gasteiger charge is 2.47. The summed E-state index contributed by atoms with van der Waals surface area (Å²) in [5.74, 6) is -0.426. The summed E-state index contributed by atoms with van der Waals surface area (Å²) in [6.45, 7) is 0.766. The number of hydrogen-bond acceptors (Lipinski definition) is 3. The van der Waals surface area contributed by atoms with Crippen molar-refractivity contribution in [3.63, 3.8) is 0 Å². The molecular formula is C6H13N5O. The molecule has 1 aliphatic rings. The van der Waals surface area contributed by atoms with Crippen LogP contribution in [0.25, 0.3) is 0 Å². The lowest BCUT2D eigenvalue weighted by Gasteiger charge is -2.47. The lowest BCUT2D eigenvalue weighted by molar-refractivity contribution is -0.129. The summed E-state index contributed by atoms with van der Waals surface area (Å²) in [6, 6.07) is 0. The molecule has 0 bridgehead atoms. The summed E-state index contributed by atoms with van der Waals surface area (Å²) < 4.78 is 0. The van der Waals surface area contributed by atoms with E-state index in [1.807, 2.05) is 0 Å². The number of primary amides is 1. The van der Waals surface area contributed by atoms with E-state index in [0.29, 0.717) is 13.1 Å². The summed E-state index contributed by atoms with van der Waals surface area (Å²) in [5, 5.41) is 9.90. The Balaban J connectivity index is 2.58. The van der Waals surface area contributed by atoms with Crippen molar-refractivity contribution in [1.82, 2.24) is 10.2 Å². The smallest absolute Gasteiger partial charge is 0.241 e. The van der Waals surface area contributed by atoms with Gasteiger partial charge in [0.2, 0.25) is 5.91 Å². The van der Waals surface area contributed by atoms with Crippen molar-refractivity contribution in [1.29, 1.82) is 5.41 Å². The number of hydrogen-bond donors (Lipinski definition) is 4. The number of guanidine groups is 1. The Kier molecular flexibility index (Phi) is 1.93. The van der Waals surface area contributed by atoms with Gasteiger partial charge < -0.3 is 21.7 Å². The summed E-state index contributed by atoms with van der Waals surface area (Å²) in [6.07, 6.45) is 0. The zero-order chi connectivity index (χ0) is 9.35. The summed E-state index contributed by atoms with van der Waals surface area (Å²) >= 11 is 0. The molecule has 0 aromatic heterocycles. The van der Waals surface area contributed by atoms with Crippen LogP contribution in [-0.2, 0) is 4.79 Å². The van der Waals surface area contributed by atoms with Gasteiger partial charge >= 0.3 is 0 Å². The summed E-state index contributed by atoms with van der Waals surface area (Å²) in [4.78, 5) is 12.5. The number of amides is 1. The standard InChI is InChI=1S/C6H13N5O/c1-10-6(4(7)12)2-11(3-6)5(8)9/h10H,2-3H2,1H3,(H2,7,12)(H3,8,9). The zero-order valence-electron chi connectivity index (χ0n) is 6.92. The van der Waals surface area contributed by atoms with Crippen LogP contribution in [0.2, 0.25) is 0 Å². The van der Waals surface area contributed by atoms with Gasteiger partial charge in [-0.1, -0.05) is 0 Å². The van der Waals surface area contributed by atoms with E-state index in [9.17, 15) is 4.79 Å². The van der Waals surface area contributed by atoms with Gasteiger partial charge in [0.05, 0.1) is 0 Å². The Labute approximate surface area is 70.4 Å². The van der Waals surface area contributed by atoms with Gasteiger partial charge in [-0.25, -0.2) is 0 Å². The van der Waals surface area contributed by atoms with Crippen LogP contribution in [0.4, 0.5) is 0 Å². The van der Waals surface area contributed by atoms with E-state index in [0.717, 1.165) is 0 Å². The second-order valence-electron chi connectivity index (χ2n) is 2.94. The minimum atomic E-state index is -0.689. The van der Waals surface area contributed by atoms with E-state index < -0.39 is 11.4 Å². The van der Waals surface area contributed by atoms with Gasteiger partial charge in [-0.15, -0.1) is 0 Å². The molecule has 1 fully saturated rings. The van der Waals surface area contributed by atoms with Crippen LogP contribution < -0.4 is 16.8 Å². The molecule has 0 aromatic carbocycles. The predicted molar refractivity (Wildman–Crippen MR) is 44.5 cm³/mol. The molecule has 6 heteroatoms. The fraction of sp³-hybridized carbons (Fsp3) is 0.667. The minimum absolute atomic E-state index is 0.0258. The van der Waals surface area contributed by atoms with Crippen molar-refractivity contribution in [3.8, 4) is 0 Å². The van der Waals surface area contributed by atoms with Crippen LogP contribution in [0.1, 0.15) is 0 Å². The van der Waals surface area contributed by atoms with Crippen LogP contribution in [0.15, 0.2) is 0 Å². The third kappa shape index (κ3) is 1.10. The molecule has 1 amide bonds. The molecule has 1 saturated heterocycles. The molecule has 0 unspecified atom stereocenters. The molecule has 1 aliphatic heterocycles. The average molecular weight is 171 g/mol. The normalized spacial score (nSPS) is 19.9. The lowest BCUT2D eigenvalue weighted by Crippen LogP contribution is -2.75. The third-order valence-electron chi connectivity index (χ3n) is 2.21. The van der Waals surface area contributed by atoms with Crippen molar-refractivity contribution < 1.29 is 4.79 Å². The number of likely N-dealkylation sites (N-methyl/N-ethyl adjacent to an activating group) is 1. The number of nitrogens with zero attached hydrogens (tertiary/aromatic N) is 1. The van der Waals surface area contributed by atoms with Crippen molar-refractivity contribution in [2.24, 2.45) is 11.5 Å². The molecule has 68 valence electrons. The quantitative estimate of drug-likeness (QED) is 0.275. The first-order valence-corrected chi connectivity index (χ1v) is 3.59. The molecule has 6 nitrogen and oxygen atoms in total. The molecule has 0 spiro atoms. The number of nitrogens with one attached hydrogen (secondary N) is 2. The summed E-state index contributed by atoms with van der Waals surface area (Å²) in [5.41, 5.74) is 9.68. The van der Waals surface area contributed by atoms with Crippen LogP contribution in [0.5, 0.6) is 0 Å². The van der Waals surface area contributed by atoms with Crippen molar-refractivity contribution in [3.05, 3.63) is 0 Å². The topological polar surface area (TPSA) is 108 Å². The molecule has 0 aromatic rings. The molecule has 12 heavy (non-hydrogen) atoms. The zero-order valence-corrected chi connectivity index (χ0v) is 6.92. The molecular weight excluding hydrogens is 158 g/mol. The Hall–Kier alpha value is -1.30.